The topological polar surface area (TPSA) is 85.8 Å². The van der Waals surface area contributed by atoms with Crippen molar-refractivity contribution in [1.29, 1.82) is 0 Å². The number of aromatic nitrogens is 3. The first-order valence-electron chi connectivity index (χ1n) is 6.59. The third kappa shape index (κ3) is 3.00. The first kappa shape index (κ1) is 13.1. The molecule has 0 aliphatic carbocycles. The highest BCUT2D eigenvalue weighted by Crippen LogP contribution is 2.17. The van der Waals surface area contributed by atoms with Gasteiger partial charge in [-0.1, -0.05) is 18.2 Å². The molecule has 6 nitrogen and oxygen atoms in total. The average molecular weight is 281 g/mol. The second-order valence-electron chi connectivity index (χ2n) is 4.73. The molecular weight excluding hydrogens is 266 g/mol. The van der Waals surface area contributed by atoms with E-state index in [1.54, 1.807) is 18.6 Å². The lowest BCUT2D eigenvalue weighted by molar-refractivity contribution is -0.118. The van der Waals surface area contributed by atoms with Gasteiger partial charge in [0.25, 0.3) is 0 Å². The number of hydrogen-bond donors (Lipinski definition) is 2. The van der Waals surface area contributed by atoms with Gasteiger partial charge in [-0.2, -0.15) is 5.10 Å². The van der Waals surface area contributed by atoms with Gasteiger partial charge in [0.2, 0.25) is 5.91 Å². The summed E-state index contributed by atoms with van der Waals surface area (Å²) in [6, 6.07) is 10.0. The number of fused-ring (bicyclic) bond motifs is 1. The zero-order chi connectivity index (χ0) is 14.7. The summed E-state index contributed by atoms with van der Waals surface area (Å²) in [5.41, 5.74) is 8.11. The Balaban J connectivity index is 1.74. The van der Waals surface area contributed by atoms with Crippen LogP contribution >= 0.6 is 0 Å². The van der Waals surface area contributed by atoms with Crippen molar-refractivity contribution >= 4 is 22.5 Å². The van der Waals surface area contributed by atoms with E-state index in [9.17, 15) is 4.79 Å². The van der Waals surface area contributed by atoms with E-state index in [4.69, 9.17) is 5.73 Å². The predicted octanol–water partition coefficient (Wildman–Crippen LogP) is 1.53. The van der Waals surface area contributed by atoms with Gasteiger partial charge in [-0.05, 0) is 17.7 Å². The van der Waals surface area contributed by atoms with Crippen LogP contribution in [0.25, 0.3) is 10.9 Å². The quantitative estimate of drug-likeness (QED) is 0.742. The second-order valence-corrected chi connectivity index (χ2v) is 4.73. The van der Waals surface area contributed by atoms with Crippen molar-refractivity contribution < 1.29 is 4.79 Å². The molecule has 3 rings (SSSR count). The monoisotopic (exact) mass is 281 g/mol. The summed E-state index contributed by atoms with van der Waals surface area (Å²) < 4.78 is 1.51. The summed E-state index contributed by atoms with van der Waals surface area (Å²) in [6.45, 7) is 0.741. The molecule has 0 bridgehead atoms. The van der Waals surface area contributed by atoms with Crippen molar-refractivity contribution in [3.8, 4) is 0 Å². The van der Waals surface area contributed by atoms with Crippen LogP contribution in [0.1, 0.15) is 5.56 Å². The van der Waals surface area contributed by atoms with Gasteiger partial charge in [-0.25, -0.2) is 0 Å². The number of anilines is 1. The maximum atomic E-state index is 10.8. The van der Waals surface area contributed by atoms with E-state index >= 15 is 0 Å². The zero-order valence-corrected chi connectivity index (χ0v) is 11.4. The fourth-order valence-electron chi connectivity index (χ4n) is 2.21. The zero-order valence-electron chi connectivity index (χ0n) is 11.4. The Morgan fingerprint density at radius 3 is 3.00 bits per heavy atom. The number of rotatable bonds is 5. The number of amides is 1. The van der Waals surface area contributed by atoms with Crippen molar-refractivity contribution in [2.24, 2.45) is 5.73 Å². The molecule has 0 aliphatic rings. The summed E-state index contributed by atoms with van der Waals surface area (Å²) in [5.74, 6) is -0.412. The summed E-state index contributed by atoms with van der Waals surface area (Å²) in [4.78, 5) is 15.2. The lowest BCUT2D eigenvalue weighted by Gasteiger charge is -2.07. The maximum Gasteiger partial charge on any atom is 0.239 e. The van der Waals surface area contributed by atoms with Crippen LogP contribution in [0.5, 0.6) is 0 Å². The van der Waals surface area contributed by atoms with Crippen LogP contribution in [0.3, 0.4) is 0 Å². The minimum Gasteiger partial charge on any atom is -0.378 e. The van der Waals surface area contributed by atoms with E-state index < -0.39 is 5.91 Å². The molecule has 0 radical (unpaired) electrons. The van der Waals surface area contributed by atoms with Gasteiger partial charge in [-0.15, -0.1) is 0 Å². The molecule has 21 heavy (non-hydrogen) atoms. The van der Waals surface area contributed by atoms with E-state index in [1.165, 1.54) is 4.68 Å². The lowest BCUT2D eigenvalue weighted by atomic mass is 10.1. The Hall–Kier alpha value is -2.89. The SMILES string of the molecule is NC(=O)Cn1cc(NCc2ccnc3ccccc23)cn1. The number of hydrogen-bond acceptors (Lipinski definition) is 4. The Kier molecular flexibility index (Phi) is 3.51. The van der Waals surface area contributed by atoms with E-state index in [-0.39, 0.29) is 6.54 Å². The summed E-state index contributed by atoms with van der Waals surface area (Å²) in [6.07, 6.45) is 5.23. The lowest BCUT2D eigenvalue weighted by Crippen LogP contribution is -2.18. The Labute approximate surface area is 121 Å². The van der Waals surface area contributed by atoms with E-state index in [0.29, 0.717) is 6.54 Å². The fraction of sp³-hybridized carbons (Fsp3) is 0.133. The molecule has 0 saturated heterocycles. The summed E-state index contributed by atoms with van der Waals surface area (Å²) >= 11 is 0. The van der Waals surface area contributed by atoms with Crippen LogP contribution in [0.4, 0.5) is 5.69 Å². The Bertz CT molecular complexity index is 775. The van der Waals surface area contributed by atoms with Crippen LogP contribution in [0.15, 0.2) is 48.9 Å². The van der Waals surface area contributed by atoms with Gasteiger partial charge in [0, 0.05) is 24.3 Å². The smallest absolute Gasteiger partial charge is 0.239 e. The average Bonchev–Trinajstić information content (AvgIpc) is 2.92. The number of nitrogens with zero attached hydrogens (tertiary/aromatic N) is 3. The van der Waals surface area contributed by atoms with Crippen LogP contribution < -0.4 is 11.1 Å². The number of primary amides is 1. The normalized spacial score (nSPS) is 10.7. The maximum absolute atomic E-state index is 10.8. The number of carbonyl (C=O) groups is 1. The third-order valence-corrected chi connectivity index (χ3v) is 3.17. The molecule has 0 unspecified atom stereocenters. The molecule has 0 atom stereocenters. The third-order valence-electron chi connectivity index (χ3n) is 3.17. The number of pyridine rings is 1. The standard InChI is InChI=1S/C15H15N5O/c16-15(21)10-20-9-12(8-19-20)18-7-11-5-6-17-14-4-2-1-3-13(11)14/h1-6,8-9,18H,7,10H2,(H2,16,21). The summed E-state index contributed by atoms with van der Waals surface area (Å²) in [5, 5.41) is 8.48. The highest BCUT2D eigenvalue weighted by atomic mass is 16.1. The molecule has 3 aromatic rings. The van der Waals surface area contributed by atoms with Crippen molar-refractivity contribution in [3.63, 3.8) is 0 Å². The Morgan fingerprint density at radius 1 is 1.29 bits per heavy atom. The number of nitrogens with one attached hydrogen (secondary N) is 1. The molecule has 0 fully saturated rings. The molecule has 6 heteroatoms. The van der Waals surface area contributed by atoms with Crippen molar-refractivity contribution in [2.75, 3.05) is 5.32 Å². The van der Waals surface area contributed by atoms with Gasteiger partial charge < -0.3 is 11.1 Å². The van der Waals surface area contributed by atoms with E-state index in [1.807, 2.05) is 24.3 Å². The molecule has 3 N–H and O–H groups in total. The number of nitrogens with two attached hydrogens (primary N) is 1. The largest absolute Gasteiger partial charge is 0.378 e. The molecule has 2 aromatic heterocycles. The molecule has 0 spiro atoms. The first-order chi connectivity index (χ1) is 10.2. The van der Waals surface area contributed by atoms with Gasteiger partial charge in [-0.3, -0.25) is 14.5 Å². The number of para-hydroxylation sites is 1. The molecular formula is C15H15N5O. The van der Waals surface area contributed by atoms with E-state index in [2.05, 4.69) is 21.5 Å². The summed E-state index contributed by atoms with van der Waals surface area (Å²) in [7, 11) is 0. The van der Waals surface area contributed by atoms with Crippen molar-refractivity contribution in [3.05, 3.63) is 54.5 Å². The highest BCUT2D eigenvalue weighted by molar-refractivity contribution is 5.82. The molecule has 2 heterocycles. The van der Waals surface area contributed by atoms with Crippen LogP contribution in [0, 0.1) is 0 Å². The number of carbonyl (C=O) groups excluding carboxylic acids is 1. The van der Waals surface area contributed by atoms with Crippen LogP contribution in [-0.2, 0) is 17.9 Å². The molecule has 106 valence electrons. The minimum atomic E-state index is -0.412. The fourth-order valence-corrected chi connectivity index (χ4v) is 2.21. The number of benzene rings is 1. The van der Waals surface area contributed by atoms with Crippen molar-refractivity contribution in [1.82, 2.24) is 14.8 Å². The van der Waals surface area contributed by atoms with Gasteiger partial charge in [0.05, 0.1) is 17.4 Å². The van der Waals surface area contributed by atoms with Gasteiger partial charge in [0.15, 0.2) is 0 Å². The molecule has 1 aromatic carbocycles. The van der Waals surface area contributed by atoms with E-state index in [0.717, 1.165) is 22.2 Å². The predicted molar refractivity (Wildman–Crippen MR) is 80.5 cm³/mol. The Morgan fingerprint density at radius 2 is 2.14 bits per heavy atom. The van der Waals surface area contributed by atoms with Crippen LogP contribution in [-0.4, -0.2) is 20.7 Å². The minimum absolute atomic E-state index is 0.0832. The van der Waals surface area contributed by atoms with Gasteiger partial charge >= 0.3 is 0 Å². The second kappa shape index (κ2) is 5.62. The first-order valence-corrected chi connectivity index (χ1v) is 6.59. The van der Waals surface area contributed by atoms with Gasteiger partial charge in [0.1, 0.15) is 6.54 Å². The van der Waals surface area contributed by atoms with Crippen LogP contribution in [0.2, 0.25) is 0 Å². The van der Waals surface area contributed by atoms with Crippen molar-refractivity contribution in [2.45, 2.75) is 13.1 Å². The molecule has 1 amide bonds. The molecule has 0 saturated carbocycles. The highest BCUT2D eigenvalue weighted by Gasteiger charge is 2.03. The molecule has 0 aliphatic heterocycles.